The van der Waals surface area contributed by atoms with Crippen LogP contribution < -0.4 is 15.5 Å². The molecule has 6 heteroatoms. The molecule has 6 nitrogen and oxygen atoms in total. The van der Waals surface area contributed by atoms with Crippen molar-refractivity contribution in [2.75, 3.05) is 18.0 Å². The summed E-state index contributed by atoms with van der Waals surface area (Å²) in [7, 11) is 0. The van der Waals surface area contributed by atoms with Gasteiger partial charge in [-0.15, -0.1) is 0 Å². The normalized spacial score (nSPS) is 16.4. The van der Waals surface area contributed by atoms with E-state index in [1.807, 2.05) is 43.5 Å². The number of rotatable bonds is 5. The summed E-state index contributed by atoms with van der Waals surface area (Å²) in [5, 5.41) is 7.02. The third-order valence-corrected chi connectivity index (χ3v) is 5.58. The number of aromatic nitrogens is 1. The number of hydrogen-bond acceptors (Lipinski definition) is 2. The van der Waals surface area contributed by atoms with Crippen LogP contribution in [0.25, 0.3) is 10.9 Å². The minimum atomic E-state index is -0.235. The Bertz CT molecular complexity index is 1060. The second-order valence-corrected chi connectivity index (χ2v) is 7.64. The van der Waals surface area contributed by atoms with Crippen LogP contribution >= 0.6 is 0 Å². The van der Waals surface area contributed by atoms with E-state index >= 15 is 0 Å². The van der Waals surface area contributed by atoms with Gasteiger partial charge < -0.3 is 20.1 Å². The summed E-state index contributed by atoms with van der Waals surface area (Å²) in [5.41, 5.74) is 4.40. The summed E-state index contributed by atoms with van der Waals surface area (Å²) in [6.45, 7) is 5.80. The van der Waals surface area contributed by atoms with E-state index in [9.17, 15) is 9.59 Å². The molecule has 1 unspecified atom stereocenters. The zero-order valence-corrected chi connectivity index (χ0v) is 16.8. The SMILES string of the molecule is Cc1ccc(N2CC(NC(=O)NCCn3ccc4ccccc43)CC2=O)cc1C. The van der Waals surface area contributed by atoms with Crippen molar-refractivity contribution in [2.24, 2.45) is 0 Å². The van der Waals surface area contributed by atoms with Crippen molar-refractivity contribution in [1.29, 1.82) is 0 Å². The number of aryl methyl sites for hydroxylation is 2. The quantitative estimate of drug-likeness (QED) is 0.702. The Labute approximate surface area is 170 Å². The van der Waals surface area contributed by atoms with E-state index in [1.165, 1.54) is 10.9 Å². The fourth-order valence-corrected chi connectivity index (χ4v) is 3.81. The van der Waals surface area contributed by atoms with Gasteiger partial charge in [0.2, 0.25) is 5.91 Å². The minimum absolute atomic E-state index is 0.0392. The number of anilines is 1. The molecule has 1 saturated heterocycles. The first-order valence-corrected chi connectivity index (χ1v) is 9.97. The summed E-state index contributed by atoms with van der Waals surface area (Å²) in [6, 6.07) is 15.8. The third-order valence-electron chi connectivity index (χ3n) is 5.58. The summed E-state index contributed by atoms with van der Waals surface area (Å²) in [5.74, 6) is 0.0392. The predicted octanol–water partition coefficient (Wildman–Crippen LogP) is 3.36. The van der Waals surface area contributed by atoms with Gasteiger partial charge in [0.05, 0.1) is 6.04 Å². The molecule has 3 amide bonds. The third kappa shape index (κ3) is 4.11. The van der Waals surface area contributed by atoms with E-state index in [4.69, 9.17) is 0 Å². The fraction of sp³-hybridized carbons (Fsp3) is 0.304. The van der Waals surface area contributed by atoms with Crippen LogP contribution in [0.4, 0.5) is 10.5 Å². The Morgan fingerprint density at radius 2 is 1.93 bits per heavy atom. The van der Waals surface area contributed by atoms with Gasteiger partial charge in [-0.3, -0.25) is 4.79 Å². The highest BCUT2D eigenvalue weighted by molar-refractivity contribution is 5.97. The zero-order valence-electron chi connectivity index (χ0n) is 16.8. The lowest BCUT2D eigenvalue weighted by Gasteiger charge is -2.18. The van der Waals surface area contributed by atoms with Crippen LogP contribution in [0.2, 0.25) is 0 Å². The summed E-state index contributed by atoms with van der Waals surface area (Å²) in [4.78, 5) is 26.4. The zero-order chi connectivity index (χ0) is 20.4. The van der Waals surface area contributed by atoms with Gasteiger partial charge >= 0.3 is 6.03 Å². The highest BCUT2D eigenvalue weighted by Crippen LogP contribution is 2.24. The molecular weight excluding hydrogens is 364 g/mol. The van der Waals surface area contributed by atoms with Crippen LogP contribution in [0, 0.1) is 13.8 Å². The standard InChI is InChI=1S/C23H26N4O2/c1-16-7-8-20(13-17(16)2)27-15-19(14-22(27)28)25-23(29)24-10-12-26-11-9-18-5-3-4-6-21(18)26/h3-9,11,13,19H,10,12,14-15H2,1-2H3,(H2,24,25,29). The van der Waals surface area contributed by atoms with Gasteiger partial charge in [-0.2, -0.15) is 0 Å². The molecule has 2 heterocycles. The van der Waals surface area contributed by atoms with E-state index in [-0.39, 0.29) is 18.0 Å². The van der Waals surface area contributed by atoms with E-state index in [2.05, 4.69) is 40.3 Å². The van der Waals surface area contributed by atoms with Gasteiger partial charge in [0.1, 0.15) is 0 Å². The molecule has 29 heavy (non-hydrogen) atoms. The van der Waals surface area contributed by atoms with Crippen molar-refractivity contribution < 1.29 is 9.59 Å². The second kappa shape index (κ2) is 7.99. The van der Waals surface area contributed by atoms with Crippen molar-refractivity contribution in [3.8, 4) is 0 Å². The van der Waals surface area contributed by atoms with Crippen molar-refractivity contribution >= 4 is 28.5 Å². The summed E-state index contributed by atoms with van der Waals surface area (Å²) in [6.07, 6.45) is 2.35. The molecule has 0 radical (unpaired) electrons. The first kappa shape index (κ1) is 19.1. The molecule has 0 bridgehead atoms. The monoisotopic (exact) mass is 390 g/mol. The molecule has 2 N–H and O–H groups in total. The average Bonchev–Trinajstić information content (AvgIpc) is 3.27. The number of para-hydroxylation sites is 1. The highest BCUT2D eigenvalue weighted by atomic mass is 16.2. The molecule has 0 spiro atoms. The van der Waals surface area contributed by atoms with Crippen LogP contribution in [0.15, 0.2) is 54.7 Å². The molecule has 0 aliphatic carbocycles. The van der Waals surface area contributed by atoms with Gasteiger partial charge in [-0.1, -0.05) is 24.3 Å². The van der Waals surface area contributed by atoms with Crippen molar-refractivity contribution in [3.05, 3.63) is 65.9 Å². The lowest BCUT2D eigenvalue weighted by molar-refractivity contribution is -0.117. The Morgan fingerprint density at radius 3 is 2.76 bits per heavy atom. The van der Waals surface area contributed by atoms with Gasteiger partial charge in [-0.05, 0) is 54.6 Å². The molecule has 0 saturated carbocycles. The van der Waals surface area contributed by atoms with E-state index in [1.54, 1.807) is 4.90 Å². The number of nitrogens with zero attached hydrogens (tertiary/aromatic N) is 2. The van der Waals surface area contributed by atoms with Crippen LogP contribution in [0.3, 0.4) is 0 Å². The van der Waals surface area contributed by atoms with E-state index in [0.29, 0.717) is 26.1 Å². The molecule has 2 aromatic carbocycles. The Morgan fingerprint density at radius 1 is 1.10 bits per heavy atom. The van der Waals surface area contributed by atoms with Gasteiger partial charge in [0.25, 0.3) is 0 Å². The number of urea groups is 1. The maximum absolute atomic E-state index is 12.4. The highest BCUT2D eigenvalue weighted by Gasteiger charge is 2.31. The molecule has 1 aliphatic heterocycles. The fourth-order valence-electron chi connectivity index (χ4n) is 3.81. The summed E-state index contributed by atoms with van der Waals surface area (Å²) < 4.78 is 2.12. The van der Waals surface area contributed by atoms with Gasteiger partial charge in [0.15, 0.2) is 0 Å². The summed E-state index contributed by atoms with van der Waals surface area (Å²) >= 11 is 0. The van der Waals surface area contributed by atoms with Gasteiger partial charge in [0, 0.05) is 43.5 Å². The first-order valence-electron chi connectivity index (χ1n) is 9.97. The number of benzene rings is 2. The van der Waals surface area contributed by atoms with Crippen LogP contribution in [-0.2, 0) is 11.3 Å². The maximum atomic E-state index is 12.4. The first-order chi connectivity index (χ1) is 14.0. The molecule has 1 aliphatic rings. The Kier molecular flexibility index (Phi) is 5.25. The molecule has 3 aromatic rings. The van der Waals surface area contributed by atoms with E-state index < -0.39 is 0 Å². The van der Waals surface area contributed by atoms with Gasteiger partial charge in [-0.25, -0.2) is 4.79 Å². The average molecular weight is 390 g/mol. The number of fused-ring (bicyclic) bond motifs is 1. The van der Waals surface area contributed by atoms with Crippen molar-refractivity contribution in [2.45, 2.75) is 32.9 Å². The van der Waals surface area contributed by atoms with Crippen LogP contribution in [0.5, 0.6) is 0 Å². The second-order valence-electron chi connectivity index (χ2n) is 7.64. The molecule has 1 aromatic heterocycles. The van der Waals surface area contributed by atoms with E-state index in [0.717, 1.165) is 16.8 Å². The predicted molar refractivity (Wildman–Crippen MR) is 115 cm³/mol. The van der Waals surface area contributed by atoms with Crippen molar-refractivity contribution in [3.63, 3.8) is 0 Å². The largest absolute Gasteiger partial charge is 0.346 e. The molecule has 1 atom stereocenters. The Balaban J connectivity index is 1.28. The lowest BCUT2D eigenvalue weighted by Crippen LogP contribution is -2.44. The number of nitrogens with one attached hydrogen (secondary N) is 2. The topological polar surface area (TPSA) is 66.4 Å². The molecule has 150 valence electrons. The molecule has 1 fully saturated rings. The molecular formula is C23H26N4O2. The Hall–Kier alpha value is -3.28. The lowest BCUT2D eigenvalue weighted by atomic mass is 10.1. The number of hydrogen-bond donors (Lipinski definition) is 2. The number of amides is 3. The van der Waals surface area contributed by atoms with Crippen LogP contribution in [0.1, 0.15) is 17.5 Å². The van der Waals surface area contributed by atoms with Crippen LogP contribution in [-0.4, -0.2) is 35.6 Å². The maximum Gasteiger partial charge on any atom is 0.315 e. The number of carbonyl (C=O) groups is 2. The minimum Gasteiger partial charge on any atom is -0.346 e. The number of carbonyl (C=O) groups excluding carboxylic acids is 2. The molecule has 4 rings (SSSR count). The van der Waals surface area contributed by atoms with Crippen molar-refractivity contribution in [1.82, 2.24) is 15.2 Å². The smallest absolute Gasteiger partial charge is 0.315 e.